The molecule has 2 aliphatic rings. The number of cyclic esters (lactones) is 1. The zero-order valence-corrected chi connectivity index (χ0v) is 17.5. The Morgan fingerprint density at radius 1 is 1.04 bits per heavy atom. The van der Waals surface area contributed by atoms with Crippen LogP contribution in [0.5, 0.6) is 0 Å². The highest BCUT2D eigenvalue weighted by atomic mass is 32.2. The van der Waals surface area contributed by atoms with Gasteiger partial charge in [-0.15, -0.1) is 0 Å². The van der Waals surface area contributed by atoms with Crippen LogP contribution in [-0.2, 0) is 28.8 Å². The Morgan fingerprint density at radius 3 is 2.11 bits per heavy atom. The molecule has 1 aromatic carbocycles. The molecule has 1 saturated carbocycles. The largest absolute Gasteiger partial charge is 0.446 e. The standard InChI is InChI=1S/C21H28O6S/c1-25-13-21(14-26-2)19(16-9-11-17(12-10-16)28(3,23)24)18(20(22)27-21)15-7-5-4-6-8-15/h9-12,15H,4-8,13-14H2,1-3H3. The summed E-state index contributed by atoms with van der Waals surface area (Å²) in [6.07, 6.45) is 6.43. The Bertz CT molecular complexity index is 841. The average Bonchev–Trinajstić information content (AvgIpc) is 2.94. The number of methoxy groups -OCH3 is 2. The highest BCUT2D eigenvalue weighted by Crippen LogP contribution is 2.46. The number of carbonyl (C=O) groups excluding carboxylic acids is 1. The quantitative estimate of drug-likeness (QED) is 0.646. The summed E-state index contributed by atoms with van der Waals surface area (Å²) in [6, 6.07) is 6.64. The second-order valence-electron chi connectivity index (χ2n) is 7.67. The Balaban J connectivity index is 2.16. The van der Waals surface area contributed by atoms with Crippen LogP contribution in [0.2, 0.25) is 0 Å². The molecule has 0 unspecified atom stereocenters. The van der Waals surface area contributed by atoms with Gasteiger partial charge in [0.15, 0.2) is 15.4 Å². The van der Waals surface area contributed by atoms with E-state index < -0.39 is 15.4 Å². The molecule has 0 bridgehead atoms. The van der Waals surface area contributed by atoms with Crippen molar-refractivity contribution in [2.45, 2.75) is 42.6 Å². The molecule has 1 aliphatic carbocycles. The predicted molar refractivity (Wildman–Crippen MR) is 106 cm³/mol. The molecule has 154 valence electrons. The number of esters is 1. The monoisotopic (exact) mass is 408 g/mol. The molecule has 1 heterocycles. The zero-order chi connectivity index (χ0) is 20.4. The van der Waals surface area contributed by atoms with Crippen molar-refractivity contribution in [2.24, 2.45) is 5.92 Å². The smallest absolute Gasteiger partial charge is 0.335 e. The van der Waals surface area contributed by atoms with Crippen molar-refractivity contribution < 1.29 is 27.4 Å². The van der Waals surface area contributed by atoms with E-state index in [0.29, 0.717) is 5.57 Å². The van der Waals surface area contributed by atoms with Gasteiger partial charge in [-0.05, 0) is 36.5 Å². The number of rotatable bonds is 7. The van der Waals surface area contributed by atoms with Gasteiger partial charge in [0.05, 0.1) is 18.1 Å². The Kier molecular flexibility index (Phi) is 6.27. The van der Waals surface area contributed by atoms with E-state index in [2.05, 4.69) is 0 Å². The van der Waals surface area contributed by atoms with Gasteiger partial charge in [0.25, 0.3) is 0 Å². The fraction of sp³-hybridized carbons (Fsp3) is 0.571. The molecule has 0 amide bonds. The van der Waals surface area contributed by atoms with Crippen LogP contribution in [0.4, 0.5) is 0 Å². The van der Waals surface area contributed by atoms with E-state index in [4.69, 9.17) is 14.2 Å². The van der Waals surface area contributed by atoms with E-state index in [9.17, 15) is 13.2 Å². The van der Waals surface area contributed by atoms with Crippen LogP contribution >= 0.6 is 0 Å². The van der Waals surface area contributed by atoms with Gasteiger partial charge in [0.2, 0.25) is 0 Å². The summed E-state index contributed by atoms with van der Waals surface area (Å²) < 4.78 is 40.4. The minimum Gasteiger partial charge on any atom is -0.446 e. The molecule has 3 rings (SSSR count). The van der Waals surface area contributed by atoms with Crippen LogP contribution < -0.4 is 0 Å². The molecule has 1 aromatic rings. The van der Waals surface area contributed by atoms with Gasteiger partial charge in [0.1, 0.15) is 0 Å². The van der Waals surface area contributed by atoms with Gasteiger partial charge in [-0.1, -0.05) is 31.4 Å². The third kappa shape index (κ3) is 4.02. The normalized spacial score (nSPS) is 20.5. The lowest BCUT2D eigenvalue weighted by Gasteiger charge is -2.30. The fourth-order valence-electron chi connectivity index (χ4n) is 4.39. The fourth-order valence-corrected chi connectivity index (χ4v) is 5.02. The average molecular weight is 409 g/mol. The van der Waals surface area contributed by atoms with Gasteiger partial charge < -0.3 is 14.2 Å². The van der Waals surface area contributed by atoms with Crippen molar-refractivity contribution in [3.63, 3.8) is 0 Å². The van der Waals surface area contributed by atoms with Gasteiger partial charge >= 0.3 is 5.97 Å². The van der Waals surface area contributed by atoms with E-state index in [-0.39, 0.29) is 30.0 Å². The molecule has 1 aliphatic heterocycles. The van der Waals surface area contributed by atoms with Gasteiger partial charge in [-0.25, -0.2) is 13.2 Å². The lowest BCUT2D eigenvalue weighted by Crippen LogP contribution is -2.41. The number of carbonyl (C=O) groups is 1. The van der Waals surface area contributed by atoms with Crippen LogP contribution in [0.3, 0.4) is 0 Å². The maximum atomic E-state index is 13.0. The molecule has 0 aromatic heterocycles. The molecule has 1 fully saturated rings. The Hall–Kier alpha value is -1.70. The highest BCUT2D eigenvalue weighted by Gasteiger charge is 2.50. The second kappa shape index (κ2) is 8.35. The first-order chi connectivity index (χ1) is 13.3. The molecule has 6 nitrogen and oxygen atoms in total. The van der Waals surface area contributed by atoms with Crippen LogP contribution in [0, 0.1) is 5.92 Å². The minimum atomic E-state index is -3.30. The van der Waals surface area contributed by atoms with Gasteiger partial charge in [-0.2, -0.15) is 0 Å². The first-order valence-electron chi connectivity index (χ1n) is 9.59. The minimum absolute atomic E-state index is 0.140. The third-order valence-electron chi connectivity index (χ3n) is 5.57. The lowest BCUT2D eigenvalue weighted by atomic mass is 9.78. The number of hydrogen-bond donors (Lipinski definition) is 0. The SMILES string of the molecule is COCC1(COC)OC(=O)C(C2CCCCC2)=C1c1ccc(S(C)(=O)=O)cc1. The maximum Gasteiger partial charge on any atom is 0.335 e. The molecule has 0 radical (unpaired) electrons. The van der Waals surface area contributed by atoms with Crippen LogP contribution in [-0.4, -0.2) is 53.7 Å². The predicted octanol–water partition coefficient (Wildman–Crippen LogP) is 3.01. The van der Waals surface area contributed by atoms with Crippen LogP contribution in [0.15, 0.2) is 34.7 Å². The first-order valence-corrected chi connectivity index (χ1v) is 11.5. The second-order valence-corrected chi connectivity index (χ2v) is 9.69. The van der Waals surface area contributed by atoms with Crippen molar-refractivity contribution >= 4 is 21.4 Å². The molecular weight excluding hydrogens is 380 g/mol. The van der Waals surface area contributed by atoms with Crippen molar-refractivity contribution in [3.05, 3.63) is 35.4 Å². The highest BCUT2D eigenvalue weighted by molar-refractivity contribution is 7.90. The number of ether oxygens (including phenoxy) is 3. The summed E-state index contributed by atoms with van der Waals surface area (Å²) >= 11 is 0. The third-order valence-corrected chi connectivity index (χ3v) is 6.70. The summed E-state index contributed by atoms with van der Waals surface area (Å²) in [5.41, 5.74) is 1.21. The Morgan fingerprint density at radius 2 is 1.61 bits per heavy atom. The van der Waals surface area contributed by atoms with E-state index in [1.165, 1.54) is 12.7 Å². The van der Waals surface area contributed by atoms with E-state index in [1.54, 1.807) is 38.5 Å². The Labute approximate surface area is 166 Å². The summed E-state index contributed by atoms with van der Waals surface area (Å²) in [4.78, 5) is 13.2. The molecule has 28 heavy (non-hydrogen) atoms. The van der Waals surface area contributed by atoms with Gasteiger partial charge in [-0.3, -0.25) is 0 Å². The number of hydrogen-bond acceptors (Lipinski definition) is 6. The van der Waals surface area contributed by atoms with E-state index in [1.807, 2.05) is 0 Å². The molecular formula is C21H28O6S. The lowest BCUT2D eigenvalue weighted by molar-refractivity contribution is -0.154. The summed E-state index contributed by atoms with van der Waals surface area (Å²) in [5, 5.41) is 0. The molecule has 0 atom stereocenters. The summed E-state index contributed by atoms with van der Waals surface area (Å²) in [6.45, 7) is 0.345. The summed E-state index contributed by atoms with van der Waals surface area (Å²) in [7, 11) is -0.173. The van der Waals surface area contributed by atoms with E-state index >= 15 is 0 Å². The van der Waals surface area contributed by atoms with Crippen molar-refractivity contribution in [1.82, 2.24) is 0 Å². The molecule has 0 saturated heterocycles. The topological polar surface area (TPSA) is 78.9 Å². The first kappa shape index (κ1) is 21.0. The zero-order valence-electron chi connectivity index (χ0n) is 16.7. The van der Waals surface area contributed by atoms with Crippen molar-refractivity contribution in [1.29, 1.82) is 0 Å². The van der Waals surface area contributed by atoms with Crippen molar-refractivity contribution in [3.8, 4) is 0 Å². The number of benzene rings is 1. The van der Waals surface area contributed by atoms with Crippen LogP contribution in [0.1, 0.15) is 37.7 Å². The van der Waals surface area contributed by atoms with Crippen molar-refractivity contribution in [2.75, 3.05) is 33.7 Å². The molecule has 0 N–H and O–H groups in total. The van der Waals surface area contributed by atoms with E-state index in [0.717, 1.165) is 36.8 Å². The molecule has 0 spiro atoms. The van der Waals surface area contributed by atoms with Crippen LogP contribution in [0.25, 0.3) is 5.57 Å². The summed E-state index contributed by atoms with van der Waals surface area (Å²) in [5.74, 6) is -0.176. The van der Waals surface area contributed by atoms with Gasteiger partial charge in [0, 0.05) is 31.6 Å². The number of sulfone groups is 1. The maximum absolute atomic E-state index is 13.0. The molecule has 7 heteroatoms.